The number of rotatable bonds is 8. The SMILES string of the molecule is CC(C)COc1c(-c2cn[nH]c2)ncc2nc(NC3CCN(CS(=O)O)CC3)nn12. The molecule has 3 N–H and O–H groups in total. The Morgan fingerprint density at radius 1 is 1.37 bits per heavy atom. The number of aromatic nitrogens is 6. The Hall–Kier alpha value is -2.57. The van der Waals surface area contributed by atoms with Crippen LogP contribution >= 0.6 is 0 Å². The summed E-state index contributed by atoms with van der Waals surface area (Å²) >= 11 is -1.80. The van der Waals surface area contributed by atoms with Gasteiger partial charge < -0.3 is 14.6 Å². The molecule has 0 radical (unpaired) electrons. The van der Waals surface area contributed by atoms with Crippen LogP contribution < -0.4 is 10.1 Å². The maximum atomic E-state index is 11.0. The average molecular weight is 435 g/mol. The van der Waals surface area contributed by atoms with Crippen molar-refractivity contribution in [3.05, 3.63) is 18.6 Å². The van der Waals surface area contributed by atoms with Gasteiger partial charge in [0.15, 0.2) is 16.7 Å². The number of hydrogen-bond donors (Lipinski definition) is 3. The number of likely N-dealkylation sites (tertiary alicyclic amines) is 1. The molecule has 1 saturated heterocycles. The second kappa shape index (κ2) is 9.06. The normalized spacial score (nSPS) is 16.9. The van der Waals surface area contributed by atoms with E-state index in [2.05, 4.69) is 44.4 Å². The van der Waals surface area contributed by atoms with Gasteiger partial charge in [-0.15, -0.1) is 5.10 Å². The lowest BCUT2D eigenvalue weighted by molar-refractivity contribution is 0.247. The highest BCUT2D eigenvalue weighted by Crippen LogP contribution is 2.28. The van der Waals surface area contributed by atoms with Crippen LogP contribution in [0.3, 0.4) is 0 Å². The molecule has 162 valence electrons. The number of fused-ring (bicyclic) bond motifs is 1. The molecule has 3 aromatic heterocycles. The third-order valence-corrected chi connectivity index (χ3v) is 5.46. The van der Waals surface area contributed by atoms with Gasteiger partial charge in [-0.1, -0.05) is 13.8 Å². The average Bonchev–Trinajstić information content (AvgIpc) is 3.36. The van der Waals surface area contributed by atoms with E-state index in [4.69, 9.17) is 9.29 Å². The zero-order valence-corrected chi connectivity index (χ0v) is 17.8. The van der Waals surface area contributed by atoms with Gasteiger partial charge in [0.1, 0.15) is 11.6 Å². The van der Waals surface area contributed by atoms with Crippen molar-refractivity contribution in [2.75, 3.05) is 30.9 Å². The zero-order valence-electron chi connectivity index (χ0n) is 17.0. The van der Waals surface area contributed by atoms with Gasteiger partial charge in [-0.2, -0.15) is 14.6 Å². The van der Waals surface area contributed by atoms with Crippen LogP contribution in [0.4, 0.5) is 5.95 Å². The summed E-state index contributed by atoms with van der Waals surface area (Å²) in [6.07, 6.45) is 6.82. The lowest BCUT2D eigenvalue weighted by atomic mass is 10.1. The van der Waals surface area contributed by atoms with Crippen molar-refractivity contribution in [2.24, 2.45) is 5.92 Å². The summed E-state index contributed by atoms with van der Waals surface area (Å²) in [6, 6.07) is 0.201. The van der Waals surface area contributed by atoms with Gasteiger partial charge in [0.25, 0.3) is 0 Å². The molecule has 1 aliphatic rings. The molecule has 0 spiro atoms. The van der Waals surface area contributed by atoms with E-state index in [0.29, 0.717) is 35.7 Å². The van der Waals surface area contributed by atoms with Crippen LogP contribution in [-0.2, 0) is 11.1 Å². The molecule has 1 fully saturated rings. The monoisotopic (exact) mass is 434 g/mol. The first-order valence-electron chi connectivity index (χ1n) is 9.93. The zero-order chi connectivity index (χ0) is 21.1. The summed E-state index contributed by atoms with van der Waals surface area (Å²) in [6.45, 7) is 6.20. The smallest absolute Gasteiger partial charge is 0.244 e. The van der Waals surface area contributed by atoms with Crippen molar-refractivity contribution in [1.82, 2.24) is 34.7 Å². The summed E-state index contributed by atoms with van der Waals surface area (Å²) in [7, 11) is 0. The van der Waals surface area contributed by atoms with Crippen molar-refractivity contribution in [3.8, 4) is 17.1 Å². The van der Waals surface area contributed by atoms with Gasteiger partial charge in [0.05, 0.1) is 19.0 Å². The van der Waals surface area contributed by atoms with E-state index in [-0.39, 0.29) is 11.9 Å². The Labute approximate surface area is 176 Å². The molecule has 0 saturated carbocycles. The Balaban J connectivity index is 1.55. The molecular formula is C18H26N8O3S. The number of piperidine rings is 1. The van der Waals surface area contributed by atoms with Crippen molar-refractivity contribution in [1.29, 1.82) is 0 Å². The summed E-state index contributed by atoms with van der Waals surface area (Å²) in [5.41, 5.74) is 2.06. The third kappa shape index (κ3) is 4.77. The molecule has 0 bridgehead atoms. The van der Waals surface area contributed by atoms with E-state index < -0.39 is 11.1 Å². The highest BCUT2D eigenvalue weighted by molar-refractivity contribution is 7.79. The van der Waals surface area contributed by atoms with Gasteiger partial charge in [0.2, 0.25) is 11.8 Å². The van der Waals surface area contributed by atoms with Crippen molar-refractivity contribution >= 4 is 22.7 Å². The number of nitrogens with one attached hydrogen (secondary N) is 2. The van der Waals surface area contributed by atoms with Crippen LogP contribution in [0.1, 0.15) is 26.7 Å². The van der Waals surface area contributed by atoms with Crippen LogP contribution in [-0.4, -0.2) is 75.1 Å². The fourth-order valence-corrected chi connectivity index (χ4v) is 3.97. The van der Waals surface area contributed by atoms with Crippen LogP contribution in [0.15, 0.2) is 18.6 Å². The second-order valence-corrected chi connectivity index (χ2v) is 8.70. The second-order valence-electron chi connectivity index (χ2n) is 7.80. The molecule has 1 unspecified atom stereocenters. The number of nitrogens with zero attached hydrogens (tertiary/aromatic N) is 6. The van der Waals surface area contributed by atoms with Gasteiger partial charge in [0, 0.05) is 30.9 Å². The summed E-state index contributed by atoms with van der Waals surface area (Å²) in [5.74, 6) is 1.58. The minimum Gasteiger partial charge on any atom is -0.476 e. The molecule has 3 aromatic rings. The Morgan fingerprint density at radius 3 is 2.83 bits per heavy atom. The fourth-order valence-electron chi connectivity index (χ4n) is 3.39. The lowest BCUT2D eigenvalue weighted by Gasteiger charge is -2.30. The van der Waals surface area contributed by atoms with E-state index in [1.807, 2.05) is 4.90 Å². The topological polar surface area (TPSA) is 134 Å². The number of H-pyrrole nitrogens is 1. The van der Waals surface area contributed by atoms with E-state index in [1.54, 1.807) is 23.1 Å². The summed E-state index contributed by atoms with van der Waals surface area (Å²) in [4.78, 5) is 11.1. The van der Waals surface area contributed by atoms with Crippen molar-refractivity contribution < 1.29 is 13.5 Å². The predicted octanol–water partition coefficient (Wildman–Crippen LogP) is 1.60. The Kier molecular flexibility index (Phi) is 6.25. The summed E-state index contributed by atoms with van der Waals surface area (Å²) < 4.78 is 27.8. The van der Waals surface area contributed by atoms with Gasteiger partial charge in [-0.3, -0.25) is 10.00 Å². The largest absolute Gasteiger partial charge is 0.476 e. The molecule has 12 heteroatoms. The Bertz CT molecular complexity index is 998. The molecule has 1 aliphatic heterocycles. The Morgan fingerprint density at radius 2 is 2.17 bits per heavy atom. The first-order chi connectivity index (χ1) is 14.5. The molecule has 1 atom stereocenters. The van der Waals surface area contributed by atoms with Crippen molar-refractivity contribution in [3.63, 3.8) is 0 Å². The number of anilines is 1. The van der Waals surface area contributed by atoms with Crippen LogP contribution in [0.25, 0.3) is 16.9 Å². The highest BCUT2D eigenvalue weighted by Gasteiger charge is 2.22. The van der Waals surface area contributed by atoms with Crippen molar-refractivity contribution in [2.45, 2.75) is 32.7 Å². The molecule has 4 rings (SSSR count). The van der Waals surface area contributed by atoms with Crippen LogP contribution in [0, 0.1) is 5.92 Å². The fraction of sp³-hybridized carbons (Fsp3) is 0.556. The highest BCUT2D eigenvalue weighted by atomic mass is 32.2. The van der Waals surface area contributed by atoms with Crippen LogP contribution in [0.5, 0.6) is 5.88 Å². The van der Waals surface area contributed by atoms with E-state index in [1.165, 1.54) is 0 Å². The van der Waals surface area contributed by atoms with Crippen LogP contribution in [0.2, 0.25) is 0 Å². The minimum absolute atomic E-state index is 0.193. The van der Waals surface area contributed by atoms with Gasteiger partial charge in [-0.05, 0) is 18.8 Å². The molecule has 4 heterocycles. The number of hydrogen-bond acceptors (Lipinski definition) is 8. The quantitative estimate of drug-likeness (QED) is 0.452. The molecule has 30 heavy (non-hydrogen) atoms. The molecule has 11 nitrogen and oxygen atoms in total. The van der Waals surface area contributed by atoms with E-state index in [0.717, 1.165) is 31.5 Å². The first kappa shape index (κ1) is 20.7. The van der Waals surface area contributed by atoms with Gasteiger partial charge >= 0.3 is 0 Å². The molecule has 0 aromatic carbocycles. The standard InChI is InChI=1S/C18H26N8O3S/c1-12(2)10-29-17-16(13-7-20-21-8-13)19-9-15-23-18(24-26(15)17)22-14-3-5-25(6-4-14)11-30(27)28/h7-9,12,14H,3-6,10-11H2,1-2H3,(H,20,21)(H,22,24)(H,27,28). The molecular weight excluding hydrogens is 408 g/mol. The predicted molar refractivity (Wildman–Crippen MR) is 113 cm³/mol. The first-order valence-corrected chi connectivity index (χ1v) is 11.2. The maximum Gasteiger partial charge on any atom is 0.244 e. The third-order valence-electron chi connectivity index (χ3n) is 4.88. The summed E-state index contributed by atoms with van der Waals surface area (Å²) in [5, 5.41) is 14.8. The van der Waals surface area contributed by atoms with E-state index in [9.17, 15) is 4.21 Å². The van der Waals surface area contributed by atoms with E-state index >= 15 is 0 Å². The number of aromatic amines is 1. The lowest BCUT2D eigenvalue weighted by Crippen LogP contribution is -2.40. The number of ether oxygens (including phenoxy) is 1. The minimum atomic E-state index is -1.80. The van der Waals surface area contributed by atoms with Gasteiger partial charge in [-0.25, -0.2) is 9.19 Å². The maximum absolute atomic E-state index is 11.0. The molecule has 0 amide bonds. The molecule has 0 aliphatic carbocycles.